The summed E-state index contributed by atoms with van der Waals surface area (Å²) in [5, 5.41) is 16.9. The highest BCUT2D eigenvalue weighted by atomic mass is 16.6. The van der Waals surface area contributed by atoms with Crippen LogP contribution in [0.1, 0.15) is 38.2 Å². The van der Waals surface area contributed by atoms with Crippen molar-refractivity contribution in [2.24, 2.45) is 0 Å². The van der Waals surface area contributed by atoms with Gasteiger partial charge in [-0.3, -0.25) is 14.9 Å². The Morgan fingerprint density at radius 3 is 2.81 bits per heavy atom. The van der Waals surface area contributed by atoms with Gasteiger partial charge >= 0.3 is 0 Å². The maximum Gasteiger partial charge on any atom is 0.269 e. The molecule has 6 nitrogen and oxygen atoms in total. The molecule has 1 aromatic rings. The van der Waals surface area contributed by atoms with Crippen molar-refractivity contribution in [1.82, 2.24) is 10.6 Å². The SMILES string of the molecule is CC(NCc1cccc([N+](=O)[O-])c1)C(=O)NC1CCCC1. The average molecular weight is 291 g/mol. The van der Waals surface area contributed by atoms with Gasteiger partial charge in [-0.05, 0) is 25.3 Å². The van der Waals surface area contributed by atoms with Gasteiger partial charge < -0.3 is 10.6 Å². The molecule has 1 aliphatic carbocycles. The summed E-state index contributed by atoms with van der Waals surface area (Å²) in [6.45, 7) is 2.24. The van der Waals surface area contributed by atoms with Crippen molar-refractivity contribution in [1.29, 1.82) is 0 Å². The lowest BCUT2D eigenvalue weighted by Crippen LogP contribution is -2.45. The summed E-state index contributed by atoms with van der Waals surface area (Å²) in [4.78, 5) is 22.3. The van der Waals surface area contributed by atoms with Crippen LogP contribution in [0.4, 0.5) is 5.69 Å². The molecule has 0 heterocycles. The Bertz CT molecular complexity index is 513. The minimum absolute atomic E-state index is 0.00710. The third-order valence-corrected chi connectivity index (χ3v) is 3.83. The van der Waals surface area contributed by atoms with Gasteiger partial charge in [-0.15, -0.1) is 0 Å². The summed E-state index contributed by atoms with van der Waals surface area (Å²) in [6.07, 6.45) is 4.48. The fourth-order valence-corrected chi connectivity index (χ4v) is 2.54. The number of hydrogen-bond donors (Lipinski definition) is 2. The zero-order valence-electron chi connectivity index (χ0n) is 12.2. The van der Waals surface area contributed by atoms with Crippen molar-refractivity contribution < 1.29 is 9.72 Å². The first-order valence-corrected chi connectivity index (χ1v) is 7.33. The van der Waals surface area contributed by atoms with Crippen LogP contribution in [-0.2, 0) is 11.3 Å². The molecule has 0 bridgehead atoms. The standard InChI is InChI=1S/C15H21N3O3/c1-11(15(19)17-13-6-2-3-7-13)16-10-12-5-4-8-14(9-12)18(20)21/h4-5,8-9,11,13,16H,2-3,6-7,10H2,1H3,(H,17,19). The molecule has 1 aliphatic rings. The minimum Gasteiger partial charge on any atom is -0.352 e. The number of benzene rings is 1. The zero-order chi connectivity index (χ0) is 15.2. The lowest BCUT2D eigenvalue weighted by molar-refractivity contribution is -0.384. The van der Waals surface area contributed by atoms with Gasteiger partial charge in [0.15, 0.2) is 0 Å². The molecule has 0 saturated heterocycles. The second kappa shape index (κ2) is 7.17. The van der Waals surface area contributed by atoms with E-state index < -0.39 is 4.92 Å². The van der Waals surface area contributed by atoms with E-state index in [2.05, 4.69) is 10.6 Å². The quantitative estimate of drug-likeness (QED) is 0.621. The van der Waals surface area contributed by atoms with Gasteiger partial charge in [-0.1, -0.05) is 25.0 Å². The molecule has 0 spiro atoms. The Balaban J connectivity index is 1.82. The molecule has 1 amide bonds. The summed E-state index contributed by atoms with van der Waals surface area (Å²) in [6, 6.07) is 6.43. The second-order valence-electron chi connectivity index (χ2n) is 5.52. The highest BCUT2D eigenvalue weighted by molar-refractivity contribution is 5.81. The van der Waals surface area contributed by atoms with Crippen LogP contribution in [0.25, 0.3) is 0 Å². The molecular weight excluding hydrogens is 270 g/mol. The number of nitrogens with one attached hydrogen (secondary N) is 2. The first-order valence-electron chi connectivity index (χ1n) is 7.33. The molecule has 1 unspecified atom stereocenters. The Hall–Kier alpha value is -1.95. The van der Waals surface area contributed by atoms with Gasteiger partial charge in [0.1, 0.15) is 0 Å². The maximum absolute atomic E-state index is 12.0. The molecule has 0 aromatic heterocycles. The lowest BCUT2D eigenvalue weighted by atomic mass is 10.2. The van der Waals surface area contributed by atoms with Crippen LogP contribution in [-0.4, -0.2) is 22.9 Å². The predicted octanol–water partition coefficient (Wildman–Crippen LogP) is 2.13. The van der Waals surface area contributed by atoms with E-state index in [0.717, 1.165) is 18.4 Å². The monoisotopic (exact) mass is 291 g/mol. The highest BCUT2D eigenvalue weighted by Gasteiger charge is 2.20. The Morgan fingerprint density at radius 1 is 1.43 bits per heavy atom. The van der Waals surface area contributed by atoms with Gasteiger partial charge in [-0.2, -0.15) is 0 Å². The topological polar surface area (TPSA) is 84.3 Å². The number of carbonyl (C=O) groups excluding carboxylic acids is 1. The van der Waals surface area contributed by atoms with Crippen LogP contribution in [0.2, 0.25) is 0 Å². The van der Waals surface area contributed by atoms with Gasteiger partial charge in [-0.25, -0.2) is 0 Å². The zero-order valence-corrected chi connectivity index (χ0v) is 12.2. The van der Waals surface area contributed by atoms with Crippen molar-refractivity contribution in [2.75, 3.05) is 0 Å². The van der Waals surface area contributed by atoms with E-state index in [1.807, 2.05) is 13.0 Å². The molecule has 114 valence electrons. The Kier molecular flexibility index (Phi) is 5.27. The minimum atomic E-state index is -0.417. The van der Waals surface area contributed by atoms with Crippen molar-refractivity contribution in [3.05, 3.63) is 39.9 Å². The Labute approximate surface area is 124 Å². The summed E-state index contributed by atoms with van der Waals surface area (Å²) in [5.41, 5.74) is 0.863. The smallest absolute Gasteiger partial charge is 0.269 e. The highest BCUT2D eigenvalue weighted by Crippen LogP contribution is 2.17. The summed E-state index contributed by atoms with van der Waals surface area (Å²) >= 11 is 0. The van der Waals surface area contributed by atoms with Crippen LogP contribution >= 0.6 is 0 Å². The number of non-ortho nitro benzene ring substituents is 1. The normalized spacial score (nSPS) is 16.6. The first-order chi connectivity index (χ1) is 10.1. The van der Waals surface area contributed by atoms with E-state index in [9.17, 15) is 14.9 Å². The number of nitro groups is 1. The summed E-state index contributed by atoms with van der Waals surface area (Å²) in [5.74, 6) is -0.00710. The van der Waals surface area contributed by atoms with E-state index in [0.29, 0.717) is 12.6 Å². The van der Waals surface area contributed by atoms with Crippen LogP contribution < -0.4 is 10.6 Å². The van der Waals surface area contributed by atoms with Crippen LogP contribution in [0.3, 0.4) is 0 Å². The lowest BCUT2D eigenvalue weighted by Gasteiger charge is -2.17. The molecule has 1 saturated carbocycles. The second-order valence-corrected chi connectivity index (χ2v) is 5.52. The van der Waals surface area contributed by atoms with Gasteiger partial charge in [0.05, 0.1) is 11.0 Å². The number of nitro benzene ring substituents is 1. The van der Waals surface area contributed by atoms with Crippen molar-refractivity contribution >= 4 is 11.6 Å². The molecule has 21 heavy (non-hydrogen) atoms. The van der Waals surface area contributed by atoms with Gasteiger partial charge in [0.25, 0.3) is 5.69 Å². The van der Waals surface area contributed by atoms with E-state index in [4.69, 9.17) is 0 Å². The molecule has 2 rings (SSSR count). The summed E-state index contributed by atoms with van der Waals surface area (Å²) < 4.78 is 0. The molecule has 1 atom stereocenters. The Morgan fingerprint density at radius 2 is 2.14 bits per heavy atom. The fourth-order valence-electron chi connectivity index (χ4n) is 2.54. The molecule has 1 aromatic carbocycles. The molecule has 6 heteroatoms. The molecule has 2 N–H and O–H groups in total. The first kappa shape index (κ1) is 15.4. The fraction of sp³-hybridized carbons (Fsp3) is 0.533. The third-order valence-electron chi connectivity index (χ3n) is 3.83. The van der Waals surface area contributed by atoms with Crippen molar-refractivity contribution in [2.45, 2.75) is 51.2 Å². The average Bonchev–Trinajstić information content (AvgIpc) is 2.97. The van der Waals surface area contributed by atoms with E-state index in [1.54, 1.807) is 6.07 Å². The molecule has 0 radical (unpaired) electrons. The molecule has 1 fully saturated rings. The summed E-state index contributed by atoms with van der Waals surface area (Å²) in [7, 11) is 0. The molecule has 0 aliphatic heterocycles. The maximum atomic E-state index is 12.0. The van der Waals surface area contributed by atoms with Crippen molar-refractivity contribution in [3.63, 3.8) is 0 Å². The number of carbonyl (C=O) groups is 1. The number of hydrogen-bond acceptors (Lipinski definition) is 4. The van der Waals surface area contributed by atoms with Crippen LogP contribution in [0.15, 0.2) is 24.3 Å². The van der Waals surface area contributed by atoms with Gasteiger partial charge in [0, 0.05) is 24.7 Å². The predicted molar refractivity (Wildman–Crippen MR) is 79.8 cm³/mol. The number of rotatable bonds is 6. The third kappa shape index (κ3) is 4.53. The molecular formula is C15H21N3O3. The van der Waals surface area contributed by atoms with Crippen molar-refractivity contribution in [3.8, 4) is 0 Å². The number of nitrogens with zero attached hydrogens (tertiary/aromatic N) is 1. The van der Waals surface area contributed by atoms with E-state index in [1.165, 1.54) is 25.0 Å². The van der Waals surface area contributed by atoms with E-state index in [-0.39, 0.29) is 17.6 Å². The largest absolute Gasteiger partial charge is 0.352 e. The number of amides is 1. The van der Waals surface area contributed by atoms with E-state index >= 15 is 0 Å². The van der Waals surface area contributed by atoms with Gasteiger partial charge in [0.2, 0.25) is 5.91 Å². The van der Waals surface area contributed by atoms with Crippen LogP contribution in [0, 0.1) is 10.1 Å². The van der Waals surface area contributed by atoms with Crippen LogP contribution in [0.5, 0.6) is 0 Å².